The van der Waals surface area contributed by atoms with Crippen LogP contribution < -0.4 is 30.6 Å². The van der Waals surface area contributed by atoms with E-state index in [1.807, 2.05) is 0 Å². The molecule has 2 aromatic rings. The third-order valence-corrected chi connectivity index (χ3v) is 4.02. The number of carbonyl (C=O) groups excluding carboxylic acids is 12. The van der Waals surface area contributed by atoms with Crippen LogP contribution in [-0.4, -0.2) is 184 Å². The number of carbonyl (C=O) groups is 12. The third kappa shape index (κ3) is 47.1. The molecule has 0 spiro atoms. The Morgan fingerprint density at radius 1 is 0.353 bits per heavy atom. The Hall–Kier alpha value is -2.94. The summed E-state index contributed by atoms with van der Waals surface area (Å²) in [6.07, 6.45) is -0.188. The molecule has 0 fully saturated rings. The summed E-state index contributed by atoms with van der Waals surface area (Å²) in [5.41, 5.74) is 1.37. The first-order chi connectivity index (χ1) is 22.0. The Balaban J connectivity index is -0.0000000933. The number of carboxylic acids is 6. The minimum atomic E-state index is -1.63. The van der Waals surface area contributed by atoms with Crippen molar-refractivity contribution in [2.45, 2.75) is 40.5 Å². The van der Waals surface area contributed by atoms with Crippen LogP contribution in [0.2, 0.25) is 0 Å². The normalized spacial score (nSPS) is 7.92. The van der Waals surface area contributed by atoms with Crippen molar-refractivity contribution in [1.82, 2.24) is 0 Å². The van der Waals surface area contributed by atoms with Crippen LogP contribution in [0.3, 0.4) is 0 Å². The summed E-state index contributed by atoms with van der Waals surface area (Å²) < 4.78 is 0. The molecule has 0 radical (unpaired) electrons. The van der Waals surface area contributed by atoms with Crippen molar-refractivity contribution in [1.29, 1.82) is 0 Å². The zero-order chi connectivity index (χ0) is 38.6. The van der Waals surface area contributed by atoms with Gasteiger partial charge in [-0.15, -0.1) is 0 Å². The number of carboxylic acid groups (broad SMARTS) is 6. The molecular weight excluding hydrogens is 769 g/mol. The van der Waals surface area contributed by atoms with Crippen molar-refractivity contribution in [3.63, 3.8) is 0 Å². The average Bonchev–Trinajstić information content (AvgIpc) is 2.99. The van der Waals surface area contributed by atoms with Gasteiger partial charge in [0.05, 0.1) is 0 Å². The van der Waals surface area contributed by atoms with Crippen molar-refractivity contribution in [3.05, 3.63) is 71.8 Å². The Morgan fingerprint density at radius 3 is 0.627 bits per heavy atom. The van der Waals surface area contributed by atoms with Crippen molar-refractivity contribution in [2.75, 3.05) is 0 Å². The van der Waals surface area contributed by atoms with Crippen LogP contribution >= 0.6 is 0 Å². The molecule has 21 heteroatoms. The maximum absolute atomic E-state index is 10.7. The second-order valence-corrected chi connectivity index (χ2v) is 8.12. The number of benzene rings is 2. The SMILES string of the molecule is CC(=O)C(=O)[O-].CC(=O)C(=O)[O-].CC(=O)C(=O)[O-].CC(=O)C(=O)[O-].O=C([O-])C(=O)Cc1ccccc1.O=C([O-])C(=O)Cc1ccccc1.[Ca+2].[Ca+2].[Ca+2]. The first-order valence-corrected chi connectivity index (χ1v) is 12.4. The minimum Gasteiger partial charge on any atom is -0.542 e. The van der Waals surface area contributed by atoms with E-state index in [4.69, 9.17) is 0 Å². The molecule has 0 amide bonds. The fourth-order valence-electron chi connectivity index (χ4n) is 1.71. The van der Waals surface area contributed by atoms with E-state index in [0.29, 0.717) is 11.1 Å². The number of ketones is 6. The van der Waals surface area contributed by atoms with Crippen LogP contribution in [0.5, 0.6) is 0 Å². The Kier molecular flexibility index (Phi) is 47.4. The van der Waals surface area contributed by atoms with Gasteiger partial charge in [-0.1, -0.05) is 60.7 Å². The number of Topliss-reactive ketones (excluding diaryl/α,β-unsaturated/α-hetero) is 6. The molecule has 0 aliphatic carbocycles. The van der Waals surface area contributed by atoms with Gasteiger partial charge in [0, 0.05) is 40.5 Å². The van der Waals surface area contributed by atoms with E-state index < -0.39 is 70.5 Å². The Labute approximate surface area is 379 Å². The number of rotatable bonds is 10. The monoisotopic (exact) mass is 794 g/mol. The molecule has 0 saturated carbocycles. The molecule has 0 aromatic heterocycles. The van der Waals surface area contributed by atoms with E-state index in [2.05, 4.69) is 0 Å². The fraction of sp³-hybridized carbons (Fsp3) is 0.200. The second kappa shape index (κ2) is 38.3. The largest absolute Gasteiger partial charge is 2.00 e. The van der Waals surface area contributed by atoms with E-state index in [-0.39, 0.29) is 126 Å². The van der Waals surface area contributed by atoms with Crippen molar-refractivity contribution >= 4 is 184 Å². The smallest absolute Gasteiger partial charge is 0.542 e. The molecule has 260 valence electrons. The van der Waals surface area contributed by atoms with Gasteiger partial charge in [-0.25, -0.2) is 0 Å². The van der Waals surface area contributed by atoms with Gasteiger partial charge >= 0.3 is 113 Å². The van der Waals surface area contributed by atoms with Gasteiger partial charge in [0.2, 0.25) is 0 Å². The maximum Gasteiger partial charge on any atom is 2.00 e. The molecule has 2 aromatic carbocycles. The molecule has 0 heterocycles. The van der Waals surface area contributed by atoms with Gasteiger partial charge in [-0.2, -0.15) is 0 Å². The molecule has 0 atom stereocenters. The van der Waals surface area contributed by atoms with Crippen LogP contribution in [-0.2, 0) is 70.4 Å². The van der Waals surface area contributed by atoms with Crippen LogP contribution in [0.1, 0.15) is 38.8 Å². The topological polar surface area (TPSA) is 343 Å². The predicted molar refractivity (Wildman–Crippen MR) is 160 cm³/mol. The first-order valence-electron chi connectivity index (χ1n) is 12.4. The zero-order valence-corrected chi connectivity index (χ0v) is 34.3. The van der Waals surface area contributed by atoms with Crippen LogP contribution in [0.25, 0.3) is 0 Å². The number of hydrogen-bond acceptors (Lipinski definition) is 18. The second-order valence-electron chi connectivity index (χ2n) is 8.12. The summed E-state index contributed by atoms with van der Waals surface area (Å²) >= 11 is 0. The van der Waals surface area contributed by atoms with Crippen molar-refractivity contribution < 1.29 is 88.2 Å². The van der Waals surface area contributed by atoms with E-state index in [1.54, 1.807) is 60.7 Å². The molecule has 51 heavy (non-hydrogen) atoms. The van der Waals surface area contributed by atoms with Crippen molar-refractivity contribution in [3.8, 4) is 0 Å². The summed E-state index contributed by atoms with van der Waals surface area (Å²) in [6, 6.07) is 17.4. The standard InChI is InChI=1S/2C9H8O3.4C3H4O3.3Ca/c2*10-8(9(11)12)6-7-4-2-1-3-5-7;4*1-2(4)3(5)6;;;/h2*1-5H,6H2,(H,11,12);4*1H3,(H,5,6);;;/q;;;;;;3*+2/p-6. The molecular formula is C30H26Ca3O18. The Morgan fingerprint density at radius 2 is 0.510 bits per heavy atom. The molecule has 0 unspecified atom stereocenters. The average molecular weight is 795 g/mol. The van der Waals surface area contributed by atoms with Gasteiger partial charge in [0.25, 0.3) is 0 Å². The van der Waals surface area contributed by atoms with E-state index in [9.17, 15) is 88.2 Å². The quantitative estimate of drug-likeness (QED) is 0.159. The van der Waals surface area contributed by atoms with E-state index >= 15 is 0 Å². The molecule has 0 bridgehead atoms. The van der Waals surface area contributed by atoms with E-state index in [1.165, 1.54) is 0 Å². The zero-order valence-electron chi connectivity index (χ0n) is 27.7. The molecule has 2 rings (SSSR count). The minimum absolute atomic E-state index is 0. The summed E-state index contributed by atoms with van der Waals surface area (Å²) in [6.45, 7) is 3.76. The fourth-order valence-corrected chi connectivity index (χ4v) is 1.71. The number of hydrogen-bond donors (Lipinski definition) is 0. The van der Waals surface area contributed by atoms with Gasteiger partial charge in [0.15, 0.2) is 34.7 Å². The molecule has 18 nitrogen and oxygen atoms in total. The van der Waals surface area contributed by atoms with Crippen LogP contribution in [0.4, 0.5) is 0 Å². The molecule has 0 saturated heterocycles. The third-order valence-electron chi connectivity index (χ3n) is 4.02. The molecule has 0 aliphatic rings. The van der Waals surface area contributed by atoms with Gasteiger partial charge in [0.1, 0.15) is 35.8 Å². The van der Waals surface area contributed by atoms with Gasteiger partial charge in [-0.05, 0) is 11.1 Å². The number of aliphatic carboxylic acids is 6. The molecule has 0 aliphatic heterocycles. The first kappa shape index (κ1) is 63.1. The van der Waals surface area contributed by atoms with Crippen LogP contribution in [0, 0.1) is 0 Å². The maximum atomic E-state index is 10.7. The summed E-state index contributed by atoms with van der Waals surface area (Å²) in [4.78, 5) is 116. The Bertz CT molecular complexity index is 1270. The molecule has 0 N–H and O–H groups in total. The van der Waals surface area contributed by atoms with E-state index in [0.717, 1.165) is 27.7 Å². The van der Waals surface area contributed by atoms with Crippen molar-refractivity contribution in [2.24, 2.45) is 0 Å². The predicted octanol–water partition coefficient (Wildman–Crippen LogP) is -8.75. The summed E-state index contributed by atoms with van der Waals surface area (Å²) in [5, 5.41) is 57.0. The van der Waals surface area contributed by atoms with Crippen LogP contribution in [0.15, 0.2) is 60.7 Å². The summed E-state index contributed by atoms with van der Waals surface area (Å²) in [5.74, 6) is -15.3. The van der Waals surface area contributed by atoms with Gasteiger partial charge < -0.3 is 59.4 Å². The van der Waals surface area contributed by atoms with Gasteiger partial charge in [-0.3, -0.25) is 28.8 Å². The summed E-state index contributed by atoms with van der Waals surface area (Å²) in [7, 11) is 0.